The number of nitrogens with one attached hydrogen (secondary N) is 2. The number of carbonyl (C=O) groups is 1. The Morgan fingerprint density at radius 1 is 1.00 bits per heavy atom. The highest BCUT2D eigenvalue weighted by atomic mass is 32.1. The van der Waals surface area contributed by atoms with Crippen LogP contribution in [0.25, 0.3) is 32.6 Å². The SMILES string of the molecule is CC(C)(C)OC(=O)CC(=N)OC(=N)Cc1nc2ccc(-c3ccc(-c4ccccc4)nc3)c(F)c2s1. The Hall–Kier alpha value is -3.98. The number of carbonyl (C=O) groups excluding carboxylic acids is 1. The van der Waals surface area contributed by atoms with Crippen LogP contribution in [0.1, 0.15) is 32.2 Å². The fraction of sp³-hybridized carbons (Fsp3) is 0.222. The molecule has 0 atom stereocenters. The van der Waals surface area contributed by atoms with Crippen molar-refractivity contribution in [1.29, 1.82) is 10.8 Å². The van der Waals surface area contributed by atoms with Crippen LogP contribution in [-0.4, -0.2) is 33.3 Å². The number of esters is 1. The second-order valence-corrected chi connectivity index (χ2v) is 10.2. The minimum absolute atomic E-state index is 0.0296. The highest BCUT2D eigenvalue weighted by Gasteiger charge is 2.20. The van der Waals surface area contributed by atoms with Gasteiger partial charge in [-0.15, -0.1) is 11.3 Å². The highest BCUT2D eigenvalue weighted by molar-refractivity contribution is 7.18. The summed E-state index contributed by atoms with van der Waals surface area (Å²) in [6.07, 6.45) is 1.24. The normalized spacial score (nSPS) is 11.3. The average molecular weight is 505 g/mol. The van der Waals surface area contributed by atoms with E-state index < -0.39 is 23.3 Å². The van der Waals surface area contributed by atoms with Gasteiger partial charge in [-0.1, -0.05) is 36.4 Å². The molecule has 0 unspecified atom stereocenters. The van der Waals surface area contributed by atoms with Crippen LogP contribution >= 0.6 is 11.3 Å². The van der Waals surface area contributed by atoms with Crippen molar-refractivity contribution in [2.24, 2.45) is 0 Å². The second kappa shape index (κ2) is 10.3. The van der Waals surface area contributed by atoms with Crippen LogP contribution in [0.2, 0.25) is 0 Å². The molecule has 0 saturated carbocycles. The molecule has 184 valence electrons. The molecule has 0 aliphatic heterocycles. The summed E-state index contributed by atoms with van der Waals surface area (Å²) in [5.74, 6) is -1.67. The molecule has 0 aliphatic rings. The molecule has 9 heteroatoms. The predicted molar refractivity (Wildman–Crippen MR) is 139 cm³/mol. The summed E-state index contributed by atoms with van der Waals surface area (Å²) in [4.78, 5) is 20.7. The van der Waals surface area contributed by atoms with Gasteiger partial charge in [0.15, 0.2) is 17.6 Å². The Kier molecular flexibility index (Phi) is 7.21. The molecule has 0 aliphatic carbocycles. The van der Waals surface area contributed by atoms with Crippen molar-refractivity contribution in [2.45, 2.75) is 39.2 Å². The van der Waals surface area contributed by atoms with Gasteiger partial charge in [0.25, 0.3) is 0 Å². The van der Waals surface area contributed by atoms with Crippen LogP contribution in [0.5, 0.6) is 0 Å². The van der Waals surface area contributed by atoms with E-state index in [1.807, 2.05) is 42.5 Å². The van der Waals surface area contributed by atoms with Gasteiger partial charge in [-0.3, -0.25) is 20.6 Å². The first-order valence-electron chi connectivity index (χ1n) is 11.2. The van der Waals surface area contributed by atoms with E-state index in [9.17, 15) is 4.79 Å². The number of thiazole rings is 1. The lowest BCUT2D eigenvalue weighted by Crippen LogP contribution is -2.26. The van der Waals surface area contributed by atoms with Crippen LogP contribution in [-0.2, 0) is 20.7 Å². The van der Waals surface area contributed by atoms with Crippen molar-refractivity contribution in [3.63, 3.8) is 0 Å². The molecule has 2 N–H and O–H groups in total. The first-order valence-corrected chi connectivity index (χ1v) is 12.0. The second-order valence-electron chi connectivity index (χ2n) is 9.07. The smallest absolute Gasteiger partial charge is 0.315 e. The van der Waals surface area contributed by atoms with Gasteiger partial charge in [0.2, 0.25) is 0 Å². The zero-order valence-electron chi connectivity index (χ0n) is 20.1. The molecule has 0 saturated heterocycles. The molecule has 2 aromatic heterocycles. The van der Waals surface area contributed by atoms with Crippen molar-refractivity contribution in [2.75, 3.05) is 0 Å². The predicted octanol–water partition coefficient (Wildman–Crippen LogP) is 6.41. The number of benzene rings is 2. The molecule has 0 spiro atoms. The molecule has 0 amide bonds. The van der Waals surface area contributed by atoms with E-state index in [2.05, 4.69) is 9.97 Å². The third-order valence-corrected chi connectivity index (χ3v) is 6.03. The molecular weight excluding hydrogens is 479 g/mol. The maximum absolute atomic E-state index is 15.4. The summed E-state index contributed by atoms with van der Waals surface area (Å²) < 4.78 is 26.0. The summed E-state index contributed by atoms with van der Waals surface area (Å²) in [5, 5.41) is 16.3. The molecule has 4 aromatic rings. The molecule has 7 nitrogen and oxygen atoms in total. The number of ether oxygens (including phenoxy) is 2. The van der Waals surface area contributed by atoms with Crippen molar-refractivity contribution in [1.82, 2.24) is 9.97 Å². The van der Waals surface area contributed by atoms with E-state index >= 15 is 4.39 Å². The zero-order chi connectivity index (χ0) is 25.9. The highest BCUT2D eigenvalue weighted by Crippen LogP contribution is 2.33. The largest absolute Gasteiger partial charge is 0.460 e. The maximum Gasteiger partial charge on any atom is 0.315 e. The van der Waals surface area contributed by atoms with Crippen LogP contribution in [0.3, 0.4) is 0 Å². The summed E-state index contributed by atoms with van der Waals surface area (Å²) in [7, 11) is 0. The Labute approximate surface area is 212 Å². The van der Waals surface area contributed by atoms with Gasteiger partial charge >= 0.3 is 5.97 Å². The summed E-state index contributed by atoms with van der Waals surface area (Å²) in [6.45, 7) is 5.18. The monoisotopic (exact) mass is 504 g/mol. The van der Waals surface area contributed by atoms with E-state index in [0.717, 1.165) is 22.6 Å². The molecule has 4 rings (SSSR count). The van der Waals surface area contributed by atoms with Gasteiger partial charge in [0.05, 0.1) is 22.3 Å². The molecule has 36 heavy (non-hydrogen) atoms. The molecular formula is C27H25FN4O3S. The van der Waals surface area contributed by atoms with Crippen molar-refractivity contribution in [3.8, 4) is 22.4 Å². The summed E-state index contributed by atoms with van der Waals surface area (Å²) in [6, 6.07) is 16.8. The number of pyridine rings is 1. The Morgan fingerprint density at radius 2 is 1.75 bits per heavy atom. The number of hydrogen-bond donors (Lipinski definition) is 2. The van der Waals surface area contributed by atoms with Crippen LogP contribution in [0.15, 0.2) is 60.8 Å². The van der Waals surface area contributed by atoms with Crippen LogP contribution in [0, 0.1) is 16.6 Å². The van der Waals surface area contributed by atoms with E-state index in [4.69, 9.17) is 20.3 Å². The van der Waals surface area contributed by atoms with Gasteiger partial charge in [0.1, 0.15) is 17.0 Å². The Morgan fingerprint density at radius 3 is 2.42 bits per heavy atom. The van der Waals surface area contributed by atoms with E-state index in [0.29, 0.717) is 26.4 Å². The lowest BCUT2D eigenvalue weighted by molar-refractivity contribution is -0.153. The van der Waals surface area contributed by atoms with Crippen molar-refractivity contribution < 1.29 is 18.7 Å². The minimum Gasteiger partial charge on any atom is -0.460 e. The molecule has 2 aromatic carbocycles. The van der Waals surface area contributed by atoms with Crippen molar-refractivity contribution >= 4 is 39.3 Å². The van der Waals surface area contributed by atoms with Gasteiger partial charge in [-0.2, -0.15) is 0 Å². The average Bonchev–Trinajstić information content (AvgIpc) is 3.22. The number of fused-ring (bicyclic) bond motifs is 1. The standard InChI is InChI=1S/C27H25FN4O3S/c1-27(2,3)35-24(33)14-22(30)34-21(29)13-23-32-20-12-10-18(25(28)26(20)36-23)17-9-11-19(31-15-17)16-7-5-4-6-8-16/h4-12,15,29-30H,13-14H2,1-3H3. The Balaban J connectivity index is 1.45. The van der Waals surface area contributed by atoms with Gasteiger partial charge in [-0.05, 0) is 39.0 Å². The topological polar surface area (TPSA) is 109 Å². The van der Waals surface area contributed by atoms with Crippen LogP contribution < -0.4 is 0 Å². The third kappa shape index (κ3) is 6.17. The van der Waals surface area contributed by atoms with Crippen molar-refractivity contribution in [3.05, 3.63) is 71.6 Å². The quantitative estimate of drug-likeness (QED) is 0.179. The third-order valence-electron chi connectivity index (χ3n) is 4.97. The molecule has 0 bridgehead atoms. The number of halogens is 1. The number of nitrogens with zero attached hydrogens (tertiary/aromatic N) is 2. The van der Waals surface area contributed by atoms with Crippen LogP contribution in [0.4, 0.5) is 4.39 Å². The number of hydrogen-bond acceptors (Lipinski definition) is 8. The maximum atomic E-state index is 15.4. The summed E-state index contributed by atoms with van der Waals surface area (Å²) in [5.41, 5.74) is 2.65. The first kappa shape index (κ1) is 25.1. The van der Waals surface area contributed by atoms with E-state index in [1.165, 1.54) is 0 Å². The fourth-order valence-electron chi connectivity index (χ4n) is 3.50. The molecule has 0 fully saturated rings. The van der Waals surface area contributed by atoms with E-state index in [-0.39, 0.29) is 18.7 Å². The lowest BCUT2D eigenvalue weighted by Gasteiger charge is -2.19. The minimum atomic E-state index is -0.672. The number of rotatable bonds is 6. The number of aromatic nitrogens is 2. The lowest BCUT2D eigenvalue weighted by atomic mass is 10.0. The van der Waals surface area contributed by atoms with Gasteiger partial charge in [0, 0.05) is 22.9 Å². The first-order chi connectivity index (χ1) is 17.1. The van der Waals surface area contributed by atoms with E-state index in [1.54, 1.807) is 39.1 Å². The molecule has 2 heterocycles. The van der Waals surface area contributed by atoms with Gasteiger partial charge < -0.3 is 9.47 Å². The zero-order valence-corrected chi connectivity index (χ0v) is 20.9. The van der Waals surface area contributed by atoms with Gasteiger partial charge in [-0.25, -0.2) is 9.37 Å². The Bertz CT molecular complexity index is 1430. The molecule has 0 radical (unpaired) electrons. The fourth-order valence-corrected chi connectivity index (χ4v) is 4.51. The summed E-state index contributed by atoms with van der Waals surface area (Å²) >= 11 is 1.12.